The van der Waals surface area contributed by atoms with Crippen LogP contribution in [0.1, 0.15) is 5.56 Å². The summed E-state index contributed by atoms with van der Waals surface area (Å²) in [5.74, 6) is 0.674. The molecular weight excluding hydrogens is 207 g/mol. The predicted octanol–water partition coefficient (Wildman–Crippen LogP) is 1.92. The van der Waals surface area contributed by atoms with E-state index in [1.165, 1.54) is 0 Å². The molecule has 0 aliphatic carbocycles. The Bertz CT molecular complexity index is 272. The van der Waals surface area contributed by atoms with Crippen LogP contribution in [0, 0.1) is 17.5 Å². The Balaban J connectivity index is 0.00000144. The van der Waals surface area contributed by atoms with Crippen molar-refractivity contribution in [1.29, 1.82) is 0 Å². The molecule has 2 N–H and O–H groups in total. The van der Waals surface area contributed by atoms with Gasteiger partial charge in [-0.15, -0.1) is 12.4 Å². The largest absolute Gasteiger partial charge is 0.300 e. The van der Waals surface area contributed by atoms with Crippen molar-refractivity contribution in [2.75, 3.05) is 0 Å². The molecule has 0 aromatic heterocycles. The molecule has 0 aliphatic rings. The van der Waals surface area contributed by atoms with Gasteiger partial charge in [0.2, 0.25) is 0 Å². The Morgan fingerprint density at radius 1 is 1.15 bits per heavy atom. The van der Waals surface area contributed by atoms with E-state index in [2.05, 4.69) is 10.7 Å². The molecule has 0 spiro atoms. The van der Waals surface area contributed by atoms with Crippen LogP contribution in [0.15, 0.2) is 12.1 Å². The molecule has 0 fully saturated rings. The van der Waals surface area contributed by atoms with Gasteiger partial charge in [-0.2, -0.15) is 0 Å². The molecule has 0 saturated heterocycles. The summed E-state index contributed by atoms with van der Waals surface area (Å²) < 4.78 is 37.2. The zero-order valence-corrected chi connectivity index (χ0v) is 7.21. The summed E-state index contributed by atoms with van der Waals surface area (Å²) in [6, 6.07) is 1.65. The highest BCUT2D eigenvalue weighted by atomic mass is 35.5. The number of hydrogen-bond acceptors (Lipinski definition) is 2. The third-order valence-corrected chi connectivity index (χ3v) is 1.29. The number of hydrogen-bond donors (Lipinski definition) is 1. The second-order valence-electron chi connectivity index (χ2n) is 2.18. The summed E-state index contributed by atoms with van der Waals surface area (Å²) >= 11 is 0. The lowest BCUT2D eigenvalue weighted by molar-refractivity contribution is 0.123. The summed E-state index contributed by atoms with van der Waals surface area (Å²) in [6.45, 7) is -0.159. The molecular formula is C7H7ClF3NO. The lowest BCUT2D eigenvalue weighted by atomic mass is 10.2. The standard InChI is InChI=1S/C7H6F3NO.ClH/c8-5-1-4(3-12-11)2-6(9)7(5)10;/h1-2H,3,11H2;1H. The highest BCUT2D eigenvalue weighted by Crippen LogP contribution is 2.13. The molecule has 0 saturated carbocycles. The van der Waals surface area contributed by atoms with Crippen molar-refractivity contribution < 1.29 is 18.0 Å². The van der Waals surface area contributed by atoms with E-state index in [0.717, 1.165) is 12.1 Å². The molecule has 1 aromatic carbocycles. The monoisotopic (exact) mass is 213 g/mol. The van der Waals surface area contributed by atoms with E-state index in [1.807, 2.05) is 0 Å². The summed E-state index contributed by atoms with van der Waals surface area (Å²) in [5.41, 5.74) is 0.147. The second-order valence-corrected chi connectivity index (χ2v) is 2.18. The van der Waals surface area contributed by atoms with Gasteiger partial charge in [-0.3, -0.25) is 4.84 Å². The van der Waals surface area contributed by atoms with Crippen molar-refractivity contribution >= 4 is 12.4 Å². The van der Waals surface area contributed by atoms with E-state index in [-0.39, 0.29) is 24.6 Å². The molecule has 0 bridgehead atoms. The third-order valence-electron chi connectivity index (χ3n) is 1.29. The maximum atomic E-state index is 12.5. The highest BCUT2D eigenvalue weighted by molar-refractivity contribution is 5.85. The Labute approximate surface area is 78.9 Å². The van der Waals surface area contributed by atoms with Crippen LogP contribution in [0.5, 0.6) is 0 Å². The quantitative estimate of drug-likeness (QED) is 0.602. The van der Waals surface area contributed by atoms with Gasteiger partial charge < -0.3 is 0 Å². The summed E-state index contributed by atoms with van der Waals surface area (Å²) in [7, 11) is 0. The van der Waals surface area contributed by atoms with Crippen LogP contribution in [0.4, 0.5) is 13.2 Å². The third kappa shape index (κ3) is 2.87. The summed E-state index contributed by atoms with van der Waals surface area (Å²) in [4.78, 5) is 4.12. The molecule has 74 valence electrons. The zero-order chi connectivity index (χ0) is 9.14. The maximum absolute atomic E-state index is 12.5. The number of benzene rings is 1. The van der Waals surface area contributed by atoms with E-state index in [9.17, 15) is 13.2 Å². The Morgan fingerprint density at radius 3 is 2.00 bits per heavy atom. The van der Waals surface area contributed by atoms with Crippen molar-refractivity contribution in [2.45, 2.75) is 6.61 Å². The minimum atomic E-state index is -1.49. The van der Waals surface area contributed by atoms with Crippen molar-refractivity contribution in [3.63, 3.8) is 0 Å². The Morgan fingerprint density at radius 2 is 1.62 bits per heavy atom. The first kappa shape index (κ1) is 12.2. The van der Waals surface area contributed by atoms with Crippen molar-refractivity contribution in [3.8, 4) is 0 Å². The number of nitrogens with two attached hydrogens (primary N) is 1. The lowest BCUT2D eigenvalue weighted by Crippen LogP contribution is -2.01. The van der Waals surface area contributed by atoms with Gasteiger partial charge in [0.05, 0.1) is 6.61 Å². The average Bonchev–Trinajstić information content (AvgIpc) is 2.01. The molecule has 0 amide bonds. The topological polar surface area (TPSA) is 35.2 Å². The Kier molecular flexibility index (Phi) is 4.76. The first-order chi connectivity index (χ1) is 5.65. The van der Waals surface area contributed by atoms with Crippen molar-refractivity contribution in [2.24, 2.45) is 5.90 Å². The molecule has 2 nitrogen and oxygen atoms in total. The minimum absolute atomic E-state index is 0. The van der Waals surface area contributed by atoms with Crippen molar-refractivity contribution in [1.82, 2.24) is 0 Å². The van der Waals surface area contributed by atoms with Crippen LogP contribution in [0.2, 0.25) is 0 Å². The molecule has 6 heteroatoms. The SMILES string of the molecule is Cl.NOCc1cc(F)c(F)c(F)c1. The van der Waals surface area contributed by atoms with Crippen LogP contribution in [-0.4, -0.2) is 0 Å². The van der Waals surface area contributed by atoms with Gasteiger partial charge in [0.15, 0.2) is 17.5 Å². The molecule has 13 heavy (non-hydrogen) atoms. The summed E-state index contributed by atoms with van der Waals surface area (Å²) in [5, 5.41) is 0. The van der Waals surface area contributed by atoms with Crippen LogP contribution in [0.3, 0.4) is 0 Å². The number of rotatable bonds is 2. The smallest absolute Gasteiger partial charge is 0.194 e. The molecule has 0 radical (unpaired) electrons. The number of halogens is 4. The van der Waals surface area contributed by atoms with Gasteiger partial charge in [-0.05, 0) is 17.7 Å². The van der Waals surface area contributed by atoms with Crippen molar-refractivity contribution in [3.05, 3.63) is 35.1 Å². The summed E-state index contributed by atoms with van der Waals surface area (Å²) in [6.07, 6.45) is 0. The van der Waals surface area contributed by atoms with E-state index in [0.29, 0.717) is 0 Å². The molecule has 0 heterocycles. The Hall–Kier alpha value is -0.780. The zero-order valence-electron chi connectivity index (χ0n) is 6.39. The first-order valence-corrected chi connectivity index (χ1v) is 3.10. The molecule has 1 rings (SSSR count). The normalized spacial score (nSPS) is 9.54. The molecule has 0 unspecified atom stereocenters. The van der Waals surface area contributed by atoms with Crippen LogP contribution in [-0.2, 0) is 11.4 Å². The fraction of sp³-hybridized carbons (Fsp3) is 0.143. The van der Waals surface area contributed by atoms with Crippen LogP contribution < -0.4 is 5.90 Å². The fourth-order valence-electron chi connectivity index (χ4n) is 0.788. The fourth-order valence-corrected chi connectivity index (χ4v) is 0.788. The minimum Gasteiger partial charge on any atom is -0.300 e. The van der Waals surface area contributed by atoms with E-state index < -0.39 is 17.5 Å². The van der Waals surface area contributed by atoms with E-state index in [1.54, 1.807) is 0 Å². The molecule has 0 atom stereocenters. The predicted molar refractivity (Wildman–Crippen MR) is 42.5 cm³/mol. The molecule has 1 aromatic rings. The van der Waals surface area contributed by atoms with Gasteiger partial charge in [0, 0.05) is 0 Å². The highest BCUT2D eigenvalue weighted by Gasteiger charge is 2.09. The van der Waals surface area contributed by atoms with E-state index in [4.69, 9.17) is 0 Å². The van der Waals surface area contributed by atoms with E-state index >= 15 is 0 Å². The average molecular weight is 214 g/mol. The first-order valence-electron chi connectivity index (χ1n) is 3.10. The van der Waals surface area contributed by atoms with Gasteiger partial charge in [0.1, 0.15) is 0 Å². The van der Waals surface area contributed by atoms with Gasteiger partial charge in [0.25, 0.3) is 0 Å². The second kappa shape index (κ2) is 5.06. The lowest BCUT2D eigenvalue weighted by Gasteiger charge is -2.00. The van der Waals surface area contributed by atoms with Crippen LogP contribution in [0.25, 0.3) is 0 Å². The van der Waals surface area contributed by atoms with Crippen LogP contribution >= 0.6 is 12.4 Å². The van der Waals surface area contributed by atoms with Gasteiger partial charge in [-0.1, -0.05) is 0 Å². The van der Waals surface area contributed by atoms with Gasteiger partial charge >= 0.3 is 0 Å². The molecule has 0 aliphatic heterocycles. The maximum Gasteiger partial charge on any atom is 0.194 e. The van der Waals surface area contributed by atoms with Gasteiger partial charge in [-0.25, -0.2) is 19.1 Å².